The molecule has 7 heteroatoms. The quantitative estimate of drug-likeness (QED) is 0.879. The Morgan fingerprint density at radius 1 is 1.40 bits per heavy atom. The second-order valence-electron chi connectivity index (χ2n) is 5.05. The summed E-state index contributed by atoms with van der Waals surface area (Å²) in [4.78, 5) is 12.4. The van der Waals surface area contributed by atoms with Gasteiger partial charge in [-0.05, 0) is 37.5 Å². The minimum atomic E-state index is -0.536. The Kier molecular flexibility index (Phi) is 2.96. The van der Waals surface area contributed by atoms with E-state index < -0.39 is 5.41 Å². The molecule has 2 aromatic rings. The van der Waals surface area contributed by atoms with Crippen molar-refractivity contribution in [2.75, 3.05) is 0 Å². The Bertz CT molecular complexity index is 606. The van der Waals surface area contributed by atoms with Crippen molar-refractivity contribution in [1.82, 2.24) is 25.9 Å². The predicted molar refractivity (Wildman–Crippen MR) is 68.0 cm³/mol. The number of aromatic nitrogens is 4. The van der Waals surface area contributed by atoms with Gasteiger partial charge in [0.15, 0.2) is 5.82 Å². The lowest BCUT2D eigenvalue weighted by molar-refractivity contribution is -0.124. The smallest absolute Gasteiger partial charge is 0.231 e. The van der Waals surface area contributed by atoms with Gasteiger partial charge in [-0.15, -0.1) is 10.2 Å². The zero-order valence-corrected chi connectivity index (χ0v) is 10.9. The maximum absolute atomic E-state index is 13.0. The Balaban J connectivity index is 1.75. The lowest BCUT2D eigenvalue weighted by Crippen LogP contribution is -2.36. The van der Waals surface area contributed by atoms with E-state index in [1.807, 2.05) is 0 Å². The Morgan fingerprint density at radius 3 is 2.65 bits per heavy atom. The molecule has 1 unspecified atom stereocenters. The molecule has 1 atom stereocenters. The number of nitrogens with zero attached hydrogens (tertiary/aromatic N) is 3. The topological polar surface area (TPSA) is 83.6 Å². The van der Waals surface area contributed by atoms with Crippen LogP contribution < -0.4 is 5.32 Å². The van der Waals surface area contributed by atoms with E-state index in [1.165, 1.54) is 12.1 Å². The molecule has 0 bridgehead atoms. The number of hydrogen-bond donors (Lipinski definition) is 2. The SMILES string of the molecule is CC(NC(=O)C1(c2ccc(F)cc2)CC1)c1nn[nH]n1. The molecule has 3 rings (SSSR count). The van der Waals surface area contributed by atoms with Crippen molar-refractivity contribution in [3.05, 3.63) is 41.5 Å². The summed E-state index contributed by atoms with van der Waals surface area (Å²) in [5, 5.41) is 16.4. The number of rotatable bonds is 4. The molecular formula is C13H14FN5O. The van der Waals surface area contributed by atoms with Gasteiger partial charge in [0.2, 0.25) is 5.91 Å². The first kappa shape index (κ1) is 12.7. The highest BCUT2D eigenvalue weighted by molar-refractivity contribution is 5.91. The summed E-state index contributed by atoms with van der Waals surface area (Å²) in [6.45, 7) is 1.80. The van der Waals surface area contributed by atoms with E-state index in [9.17, 15) is 9.18 Å². The minimum Gasteiger partial charge on any atom is -0.345 e. The van der Waals surface area contributed by atoms with Gasteiger partial charge in [0.25, 0.3) is 0 Å². The maximum Gasteiger partial charge on any atom is 0.231 e. The normalized spacial score (nSPS) is 17.5. The van der Waals surface area contributed by atoms with Crippen LogP contribution in [0.1, 0.15) is 37.2 Å². The molecule has 1 aromatic carbocycles. The lowest BCUT2D eigenvalue weighted by Gasteiger charge is -2.18. The summed E-state index contributed by atoms with van der Waals surface area (Å²) in [5.74, 6) is 0.0554. The van der Waals surface area contributed by atoms with Gasteiger partial charge in [-0.25, -0.2) is 4.39 Å². The van der Waals surface area contributed by atoms with Crippen LogP contribution in [0.25, 0.3) is 0 Å². The van der Waals surface area contributed by atoms with Crippen LogP contribution >= 0.6 is 0 Å². The first-order valence-electron chi connectivity index (χ1n) is 6.42. The summed E-state index contributed by atoms with van der Waals surface area (Å²) < 4.78 is 13.0. The van der Waals surface area contributed by atoms with Crippen LogP contribution in [0.15, 0.2) is 24.3 Å². The number of halogens is 1. The molecule has 1 aromatic heterocycles. The summed E-state index contributed by atoms with van der Waals surface area (Å²) in [6.07, 6.45) is 1.53. The molecule has 1 heterocycles. The van der Waals surface area contributed by atoms with Gasteiger partial charge in [0.05, 0.1) is 11.5 Å². The molecule has 1 aliphatic rings. The average Bonchev–Trinajstić information content (AvgIpc) is 3.06. The van der Waals surface area contributed by atoms with Crippen LogP contribution in [-0.4, -0.2) is 26.5 Å². The fourth-order valence-corrected chi connectivity index (χ4v) is 2.29. The average molecular weight is 275 g/mol. The number of tetrazole rings is 1. The van der Waals surface area contributed by atoms with Crippen molar-refractivity contribution in [1.29, 1.82) is 0 Å². The van der Waals surface area contributed by atoms with Gasteiger partial charge in [-0.3, -0.25) is 4.79 Å². The minimum absolute atomic E-state index is 0.0820. The molecule has 6 nitrogen and oxygen atoms in total. The first-order valence-corrected chi connectivity index (χ1v) is 6.42. The first-order chi connectivity index (χ1) is 9.62. The molecule has 0 radical (unpaired) electrons. The van der Waals surface area contributed by atoms with E-state index in [-0.39, 0.29) is 17.8 Å². The van der Waals surface area contributed by atoms with Gasteiger partial charge in [0, 0.05) is 0 Å². The highest BCUT2D eigenvalue weighted by Crippen LogP contribution is 2.48. The largest absolute Gasteiger partial charge is 0.345 e. The maximum atomic E-state index is 13.0. The van der Waals surface area contributed by atoms with E-state index in [0.29, 0.717) is 5.82 Å². The molecule has 1 fully saturated rings. The second-order valence-corrected chi connectivity index (χ2v) is 5.05. The van der Waals surface area contributed by atoms with Gasteiger partial charge in [-0.2, -0.15) is 5.21 Å². The van der Waals surface area contributed by atoms with E-state index in [4.69, 9.17) is 0 Å². The summed E-state index contributed by atoms with van der Waals surface area (Å²) in [6, 6.07) is 5.78. The molecule has 1 aliphatic carbocycles. The van der Waals surface area contributed by atoms with Gasteiger partial charge >= 0.3 is 0 Å². The fraction of sp³-hybridized carbons (Fsp3) is 0.385. The van der Waals surface area contributed by atoms with E-state index in [1.54, 1.807) is 19.1 Å². The zero-order valence-electron chi connectivity index (χ0n) is 10.9. The Labute approximate surface area is 114 Å². The van der Waals surface area contributed by atoms with Gasteiger partial charge in [-0.1, -0.05) is 17.3 Å². The summed E-state index contributed by atoms with van der Waals surface area (Å²) >= 11 is 0. The third-order valence-electron chi connectivity index (χ3n) is 3.68. The fourth-order valence-electron chi connectivity index (χ4n) is 2.29. The molecule has 1 saturated carbocycles. The van der Waals surface area contributed by atoms with E-state index >= 15 is 0 Å². The molecule has 1 amide bonds. The van der Waals surface area contributed by atoms with E-state index in [2.05, 4.69) is 25.9 Å². The Morgan fingerprint density at radius 2 is 2.10 bits per heavy atom. The highest BCUT2D eigenvalue weighted by atomic mass is 19.1. The number of amides is 1. The summed E-state index contributed by atoms with van der Waals surface area (Å²) in [5.41, 5.74) is 0.308. The van der Waals surface area contributed by atoms with Crippen molar-refractivity contribution in [2.24, 2.45) is 0 Å². The lowest BCUT2D eigenvalue weighted by atomic mass is 9.94. The number of H-pyrrole nitrogens is 1. The van der Waals surface area contributed by atoms with Gasteiger partial charge in [0.1, 0.15) is 5.82 Å². The van der Waals surface area contributed by atoms with Crippen molar-refractivity contribution in [3.63, 3.8) is 0 Å². The molecule has 20 heavy (non-hydrogen) atoms. The van der Waals surface area contributed by atoms with Crippen LogP contribution in [0.5, 0.6) is 0 Å². The number of nitrogens with one attached hydrogen (secondary N) is 2. The third kappa shape index (κ3) is 2.15. The van der Waals surface area contributed by atoms with Crippen molar-refractivity contribution in [2.45, 2.75) is 31.2 Å². The van der Waals surface area contributed by atoms with Crippen LogP contribution in [-0.2, 0) is 10.2 Å². The standard InChI is InChI=1S/C13H14FN5O/c1-8(11-16-18-19-17-11)15-12(20)13(6-7-13)9-2-4-10(14)5-3-9/h2-5,8H,6-7H2,1H3,(H,15,20)(H,16,17,18,19). The highest BCUT2D eigenvalue weighted by Gasteiger charge is 2.51. The van der Waals surface area contributed by atoms with Crippen LogP contribution in [0.4, 0.5) is 4.39 Å². The Hall–Kier alpha value is -2.31. The zero-order chi connectivity index (χ0) is 14.2. The second kappa shape index (κ2) is 4.66. The van der Waals surface area contributed by atoms with E-state index in [0.717, 1.165) is 18.4 Å². The predicted octanol–water partition coefficient (Wildman–Crippen LogP) is 1.25. The number of hydrogen-bond acceptors (Lipinski definition) is 4. The number of carbonyl (C=O) groups is 1. The van der Waals surface area contributed by atoms with Crippen molar-refractivity contribution in [3.8, 4) is 0 Å². The summed E-state index contributed by atoms with van der Waals surface area (Å²) in [7, 11) is 0. The molecule has 0 aliphatic heterocycles. The third-order valence-corrected chi connectivity index (χ3v) is 3.68. The number of benzene rings is 1. The van der Waals surface area contributed by atoms with Crippen molar-refractivity contribution >= 4 is 5.91 Å². The number of carbonyl (C=O) groups excluding carboxylic acids is 1. The molecule has 0 spiro atoms. The number of aromatic amines is 1. The van der Waals surface area contributed by atoms with Crippen LogP contribution in [0.2, 0.25) is 0 Å². The van der Waals surface area contributed by atoms with Crippen LogP contribution in [0, 0.1) is 5.82 Å². The van der Waals surface area contributed by atoms with Crippen molar-refractivity contribution < 1.29 is 9.18 Å². The van der Waals surface area contributed by atoms with Crippen LogP contribution in [0.3, 0.4) is 0 Å². The monoisotopic (exact) mass is 275 g/mol. The molecular weight excluding hydrogens is 261 g/mol. The molecule has 0 saturated heterocycles. The molecule has 104 valence electrons. The van der Waals surface area contributed by atoms with Gasteiger partial charge < -0.3 is 5.32 Å². The molecule has 2 N–H and O–H groups in total.